The summed E-state index contributed by atoms with van der Waals surface area (Å²) in [6.45, 7) is 1.70. The molecule has 0 radical (unpaired) electrons. The van der Waals surface area contributed by atoms with Gasteiger partial charge in [0.05, 0.1) is 17.4 Å². The number of aryl methyl sites for hydroxylation is 1. The molecule has 8 heteroatoms. The molecule has 0 amide bonds. The number of carbonyl (C=O) groups is 1. The maximum atomic E-state index is 11.9. The number of anilines is 1. The van der Waals surface area contributed by atoms with Gasteiger partial charge in [0.15, 0.2) is 0 Å². The first-order valence-electron chi connectivity index (χ1n) is 8.35. The fraction of sp³-hybridized carbons (Fsp3) is 0.389. The van der Waals surface area contributed by atoms with Gasteiger partial charge in [0.25, 0.3) is 5.56 Å². The van der Waals surface area contributed by atoms with Crippen LogP contribution in [0, 0.1) is 0 Å². The Morgan fingerprint density at radius 3 is 2.62 bits per heavy atom. The number of hydrogen-bond donors (Lipinski definition) is 2. The molecule has 0 aliphatic carbocycles. The summed E-state index contributed by atoms with van der Waals surface area (Å²) in [5.74, 6) is -0.669. The van der Waals surface area contributed by atoms with E-state index in [1.54, 1.807) is 25.4 Å². The maximum absolute atomic E-state index is 11.9. The van der Waals surface area contributed by atoms with Crippen LogP contribution < -0.4 is 10.9 Å². The number of rotatable bonds is 4. The Hall–Kier alpha value is -2.38. The van der Waals surface area contributed by atoms with Gasteiger partial charge < -0.3 is 15.3 Å². The number of aromatic carboxylic acids is 1. The minimum absolute atomic E-state index is 0.101. The van der Waals surface area contributed by atoms with Crippen LogP contribution in [0.25, 0.3) is 0 Å². The number of halogens is 1. The third kappa shape index (κ3) is 3.89. The molecule has 1 aromatic carbocycles. The van der Waals surface area contributed by atoms with Crippen molar-refractivity contribution in [3.05, 3.63) is 57.0 Å². The van der Waals surface area contributed by atoms with Crippen LogP contribution in [0.3, 0.4) is 0 Å². The Bertz CT molecular complexity index is 866. The standard InChI is InChI=1S/C18H21ClN4O3/c1-22-9-13(11-3-5-12(6-4-11)18(25)26)7-14(10-22)21-15-8-20-23(2)17(24)16(15)19/h3-6,8,13-14,21H,7,9-10H2,1-2H3,(H,25,26)/t13-,14+/m0/s1. The van der Waals surface area contributed by atoms with E-state index in [-0.39, 0.29) is 28.1 Å². The summed E-state index contributed by atoms with van der Waals surface area (Å²) in [4.78, 5) is 25.2. The molecule has 0 saturated carbocycles. The summed E-state index contributed by atoms with van der Waals surface area (Å²) < 4.78 is 1.20. The van der Waals surface area contributed by atoms with Crippen molar-refractivity contribution >= 4 is 23.3 Å². The second kappa shape index (κ2) is 7.47. The molecule has 2 heterocycles. The highest BCUT2D eigenvalue weighted by Gasteiger charge is 2.27. The normalized spacial score (nSPS) is 20.7. The van der Waals surface area contributed by atoms with Crippen LogP contribution in [-0.4, -0.2) is 51.9 Å². The largest absolute Gasteiger partial charge is 0.478 e. The highest BCUT2D eigenvalue weighted by molar-refractivity contribution is 6.32. The third-order valence-corrected chi connectivity index (χ3v) is 5.07. The number of piperidine rings is 1. The molecule has 2 N–H and O–H groups in total. The molecule has 1 aromatic heterocycles. The number of nitrogens with zero attached hydrogens (tertiary/aromatic N) is 3. The molecule has 2 atom stereocenters. The zero-order chi connectivity index (χ0) is 18.8. The van der Waals surface area contributed by atoms with E-state index in [2.05, 4.69) is 15.3 Å². The van der Waals surface area contributed by atoms with Gasteiger partial charge in [0, 0.05) is 26.2 Å². The lowest BCUT2D eigenvalue weighted by Crippen LogP contribution is -2.43. The zero-order valence-electron chi connectivity index (χ0n) is 14.6. The van der Waals surface area contributed by atoms with Gasteiger partial charge in [-0.15, -0.1) is 0 Å². The van der Waals surface area contributed by atoms with Gasteiger partial charge >= 0.3 is 5.97 Å². The van der Waals surface area contributed by atoms with E-state index < -0.39 is 5.97 Å². The SMILES string of the molecule is CN1C[C@H](Nc2cnn(C)c(=O)c2Cl)C[C@H](c2ccc(C(=O)O)cc2)C1. The first-order valence-corrected chi connectivity index (χ1v) is 8.73. The average Bonchev–Trinajstić information content (AvgIpc) is 2.62. The molecule has 26 heavy (non-hydrogen) atoms. The first kappa shape index (κ1) is 18.4. The van der Waals surface area contributed by atoms with E-state index in [1.807, 2.05) is 19.2 Å². The van der Waals surface area contributed by atoms with E-state index in [0.717, 1.165) is 25.1 Å². The first-order chi connectivity index (χ1) is 12.3. The highest BCUT2D eigenvalue weighted by atomic mass is 35.5. The Balaban J connectivity index is 1.77. The molecule has 0 bridgehead atoms. The van der Waals surface area contributed by atoms with Gasteiger partial charge in [-0.1, -0.05) is 23.7 Å². The smallest absolute Gasteiger partial charge is 0.335 e. The molecule has 1 saturated heterocycles. The third-order valence-electron chi connectivity index (χ3n) is 4.70. The highest BCUT2D eigenvalue weighted by Crippen LogP contribution is 2.29. The van der Waals surface area contributed by atoms with Gasteiger partial charge in [0.1, 0.15) is 5.02 Å². The second-order valence-electron chi connectivity index (χ2n) is 6.72. The lowest BCUT2D eigenvalue weighted by molar-refractivity contribution is 0.0697. The van der Waals surface area contributed by atoms with Gasteiger partial charge in [-0.3, -0.25) is 4.79 Å². The summed E-state index contributed by atoms with van der Waals surface area (Å²) in [5.41, 5.74) is 1.59. The van der Waals surface area contributed by atoms with Gasteiger partial charge in [-0.05, 0) is 37.1 Å². The van der Waals surface area contributed by atoms with Crippen molar-refractivity contribution < 1.29 is 9.90 Å². The molecule has 7 nitrogen and oxygen atoms in total. The van der Waals surface area contributed by atoms with Crippen molar-refractivity contribution in [3.63, 3.8) is 0 Å². The summed E-state index contributed by atoms with van der Waals surface area (Å²) in [7, 11) is 3.60. The molecule has 1 aliphatic rings. The molecule has 2 aromatic rings. The van der Waals surface area contributed by atoms with E-state index >= 15 is 0 Å². The van der Waals surface area contributed by atoms with Crippen LogP contribution in [0.1, 0.15) is 28.3 Å². The minimum atomic E-state index is -0.926. The molecule has 1 aliphatic heterocycles. The summed E-state index contributed by atoms with van der Waals surface area (Å²) in [5, 5.41) is 16.5. The fourth-order valence-corrected chi connectivity index (χ4v) is 3.62. The van der Waals surface area contributed by atoms with Crippen molar-refractivity contribution in [1.29, 1.82) is 0 Å². The zero-order valence-corrected chi connectivity index (χ0v) is 15.4. The predicted octanol–water partition coefficient (Wildman–Crippen LogP) is 2.03. The van der Waals surface area contributed by atoms with Crippen LogP contribution in [0.15, 0.2) is 35.3 Å². The number of carboxylic acid groups (broad SMARTS) is 1. The van der Waals surface area contributed by atoms with Crippen LogP contribution >= 0.6 is 11.6 Å². The minimum Gasteiger partial charge on any atom is -0.478 e. The van der Waals surface area contributed by atoms with E-state index in [0.29, 0.717) is 5.69 Å². The predicted molar refractivity (Wildman–Crippen MR) is 100 cm³/mol. The molecule has 138 valence electrons. The van der Waals surface area contributed by atoms with E-state index in [9.17, 15) is 9.59 Å². The number of benzene rings is 1. The second-order valence-corrected chi connectivity index (χ2v) is 7.10. The summed E-state index contributed by atoms with van der Waals surface area (Å²) >= 11 is 6.15. The summed E-state index contributed by atoms with van der Waals surface area (Å²) in [6, 6.07) is 7.12. The van der Waals surface area contributed by atoms with Crippen molar-refractivity contribution in [2.75, 3.05) is 25.5 Å². The molecular formula is C18H21ClN4O3. The number of carboxylic acids is 1. The van der Waals surface area contributed by atoms with Crippen molar-refractivity contribution in [2.45, 2.75) is 18.4 Å². The quantitative estimate of drug-likeness (QED) is 0.849. The molecule has 1 fully saturated rings. The van der Waals surface area contributed by atoms with Crippen LogP contribution in [0.5, 0.6) is 0 Å². The van der Waals surface area contributed by atoms with Crippen molar-refractivity contribution in [1.82, 2.24) is 14.7 Å². The number of aromatic nitrogens is 2. The molecule has 0 unspecified atom stereocenters. The summed E-state index contributed by atoms with van der Waals surface area (Å²) in [6.07, 6.45) is 2.41. The van der Waals surface area contributed by atoms with Crippen molar-refractivity contribution in [3.8, 4) is 0 Å². The number of hydrogen-bond acceptors (Lipinski definition) is 5. The topological polar surface area (TPSA) is 87.5 Å². The Kier molecular flexibility index (Phi) is 5.29. The molecule has 0 spiro atoms. The van der Waals surface area contributed by atoms with Crippen LogP contribution in [0.4, 0.5) is 5.69 Å². The van der Waals surface area contributed by atoms with E-state index in [1.165, 1.54) is 4.68 Å². The van der Waals surface area contributed by atoms with E-state index in [4.69, 9.17) is 16.7 Å². The Morgan fingerprint density at radius 2 is 1.96 bits per heavy atom. The number of likely N-dealkylation sites (N-methyl/N-ethyl adjacent to an activating group) is 1. The van der Waals surface area contributed by atoms with Crippen molar-refractivity contribution in [2.24, 2.45) is 7.05 Å². The van der Waals surface area contributed by atoms with Crippen LogP contribution in [0.2, 0.25) is 5.02 Å². The number of likely N-dealkylation sites (tertiary alicyclic amines) is 1. The average molecular weight is 377 g/mol. The van der Waals surface area contributed by atoms with Gasteiger partial charge in [-0.25, -0.2) is 9.48 Å². The Labute approximate surface area is 156 Å². The maximum Gasteiger partial charge on any atom is 0.335 e. The van der Waals surface area contributed by atoms with Gasteiger partial charge in [0.2, 0.25) is 0 Å². The number of nitrogens with one attached hydrogen (secondary N) is 1. The molecule has 3 rings (SSSR count). The van der Waals surface area contributed by atoms with Gasteiger partial charge in [-0.2, -0.15) is 5.10 Å². The fourth-order valence-electron chi connectivity index (χ4n) is 3.39. The molecular weight excluding hydrogens is 356 g/mol. The van der Waals surface area contributed by atoms with Crippen LogP contribution in [-0.2, 0) is 7.05 Å². The monoisotopic (exact) mass is 376 g/mol. The lowest BCUT2D eigenvalue weighted by atomic mass is 9.88. The Morgan fingerprint density at radius 1 is 1.27 bits per heavy atom. The lowest BCUT2D eigenvalue weighted by Gasteiger charge is -2.36.